The fourth-order valence-electron chi connectivity index (χ4n) is 2.33. The van der Waals surface area contributed by atoms with E-state index in [4.69, 9.17) is 0 Å². The largest absolute Gasteiger partial charge is 0.386 e. The Morgan fingerprint density at radius 1 is 1.43 bits per heavy atom. The van der Waals surface area contributed by atoms with Gasteiger partial charge in [-0.05, 0) is 18.3 Å². The molecule has 0 radical (unpaired) electrons. The van der Waals surface area contributed by atoms with Crippen molar-refractivity contribution in [2.75, 3.05) is 0 Å². The molecule has 1 heterocycles. The van der Waals surface area contributed by atoms with E-state index >= 15 is 0 Å². The van der Waals surface area contributed by atoms with Crippen LogP contribution in [0.15, 0.2) is 18.6 Å². The van der Waals surface area contributed by atoms with E-state index in [2.05, 4.69) is 16.9 Å². The Labute approximate surface area is 84.2 Å². The van der Waals surface area contributed by atoms with Gasteiger partial charge in [0.1, 0.15) is 6.10 Å². The normalized spacial score (nSPS) is 29.0. The summed E-state index contributed by atoms with van der Waals surface area (Å²) in [5.41, 5.74) is 0.714. The Hall–Kier alpha value is -0.960. The summed E-state index contributed by atoms with van der Waals surface area (Å²) in [7, 11) is 0. The highest BCUT2D eigenvalue weighted by Crippen LogP contribution is 2.39. The number of hydrogen-bond donors (Lipinski definition) is 1. The second-order valence-electron chi connectivity index (χ2n) is 4.15. The Kier molecular flexibility index (Phi) is 2.77. The number of aliphatic hydroxyl groups is 1. The highest BCUT2D eigenvalue weighted by Gasteiger charge is 2.31. The van der Waals surface area contributed by atoms with Crippen molar-refractivity contribution in [1.82, 2.24) is 9.97 Å². The van der Waals surface area contributed by atoms with Crippen LogP contribution in [0.1, 0.15) is 38.0 Å². The van der Waals surface area contributed by atoms with Crippen LogP contribution >= 0.6 is 0 Å². The van der Waals surface area contributed by atoms with Gasteiger partial charge in [-0.15, -0.1) is 0 Å². The molecule has 3 heteroatoms. The van der Waals surface area contributed by atoms with Gasteiger partial charge < -0.3 is 5.11 Å². The van der Waals surface area contributed by atoms with Crippen LogP contribution in [0.2, 0.25) is 0 Å². The predicted octanol–water partition coefficient (Wildman–Crippen LogP) is 1.95. The van der Waals surface area contributed by atoms with E-state index in [9.17, 15) is 5.11 Å². The minimum atomic E-state index is -0.429. The maximum atomic E-state index is 10.1. The summed E-state index contributed by atoms with van der Waals surface area (Å²) in [6.45, 7) is 2.21. The molecule has 0 spiro atoms. The topological polar surface area (TPSA) is 46.0 Å². The van der Waals surface area contributed by atoms with Crippen LogP contribution in [-0.2, 0) is 0 Å². The van der Waals surface area contributed by atoms with Crippen molar-refractivity contribution in [3.8, 4) is 0 Å². The number of nitrogens with zero attached hydrogens (tertiary/aromatic N) is 2. The Balaban J connectivity index is 2.12. The highest BCUT2D eigenvalue weighted by atomic mass is 16.3. The molecule has 1 aromatic rings. The number of aliphatic hydroxyl groups excluding tert-OH is 1. The summed E-state index contributed by atoms with van der Waals surface area (Å²) in [6.07, 6.45) is 8.06. The Morgan fingerprint density at radius 3 is 2.86 bits per heavy atom. The summed E-state index contributed by atoms with van der Waals surface area (Å²) < 4.78 is 0. The third kappa shape index (κ3) is 1.77. The molecule has 1 aliphatic rings. The molecular formula is C11H16N2O. The fourth-order valence-corrected chi connectivity index (χ4v) is 2.33. The van der Waals surface area contributed by atoms with Gasteiger partial charge in [-0.1, -0.05) is 19.8 Å². The van der Waals surface area contributed by atoms with Gasteiger partial charge in [-0.2, -0.15) is 0 Å². The number of hydrogen-bond acceptors (Lipinski definition) is 3. The lowest BCUT2D eigenvalue weighted by atomic mass is 9.91. The monoisotopic (exact) mass is 192 g/mol. The molecule has 1 N–H and O–H groups in total. The molecule has 3 atom stereocenters. The van der Waals surface area contributed by atoms with Gasteiger partial charge in [0, 0.05) is 12.4 Å². The summed E-state index contributed by atoms with van der Waals surface area (Å²) in [6, 6.07) is 0. The van der Waals surface area contributed by atoms with Gasteiger partial charge >= 0.3 is 0 Å². The van der Waals surface area contributed by atoms with Gasteiger partial charge in [-0.25, -0.2) is 0 Å². The van der Waals surface area contributed by atoms with E-state index in [0.717, 1.165) is 6.42 Å². The van der Waals surface area contributed by atoms with Crippen LogP contribution in [0.25, 0.3) is 0 Å². The summed E-state index contributed by atoms with van der Waals surface area (Å²) >= 11 is 0. The zero-order valence-electron chi connectivity index (χ0n) is 8.43. The second-order valence-corrected chi connectivity index (χ2v) is 4.15. The standard InChI is InChI=1S/C11H16N2O/c1-8-3-2-4-9(8)11(14)10-7-12-5-6-13-10/h5-9,11,14H,2-4H2,1H3. The average Bonchev–Trinajstić information content (AvgIpc) is 2.65. The molecule has 0 bridgehead atoms. The van der Waals surface area contributed by atoms with Crippen molar-refractivity contribution in [3.05, 3.63) is 24.3 Å². The fraction of sp³-hybridized carbons (Fsp3) is 0.636. The molecule has 1 saturated carbocycles. The lowest BCUT2D eigenvalue weighted by Crippen LogP contribution is -2.16. The lowest BCUT2D eigenvalue weighted by Gasteiger charge is -2.21. The van der Waals surface area contributed by atoms with Crippen molar-refractivity contribution < 1.29 is 5.11 Å². The molecule has 0 amide bonds. The van der Waals surface area contributed by atoms with E-state index in [1.807, 2.05) is 0 Å². The summed E-state index contributed by atoms with van der Waals surface area (Å²) in [5, 5.41) is 10.1. The highest BCUT2D eigenvalue weighted by molar-refractivity contribution is 5.02. The first kappa shape index (κ1) is 9.59. The Bertz CT molecular complexity index is 289. The van der Waals surface area contributed by atoms with Crippen LogP contribution in [0.4, 0.5) is 0 Å². The van der Waals surface area contributed by atoms with E-state index in [1.54, 1.807) is 18.6 Å². The van der Waals surface area contributed by atoms with Gasteiger partial charge in [0.05, 0.1) is 11.9 Å². The molecule has 3 unspecified atom stereocenters. The molecule has 1 aromatic heterocycles. The van der Waals surface area contributed by atoms with Crippen molar-refractivity contribution in [3.63, 3.8) is 0 Å². The van der Waals surface area contributed by atoms with Gasteiger partial charge in [0.2, 0.25) is 0 Å². The van der Waals surface area contributed by atoms with E-state index in [0.29, 0.717) is 17.5 Å². The first-order valence-electron chi connectivity index (χ1n) is 5.23. The zero-order chi connectivity index (χ0) is 9.97. The SMILES string of the molecule is CC1CCCC1C(O)c1cnccn1. The van der Waals surface area contributed by atoms with Crippen LogP contribution < -0.4 is 0 Å². The maximum absolute atomic E-state index is 10.1. The smallest absolute Gasteiger partial charge is 0.101 e. The number of rotatable bonds is 2. The molecule has 0 saturated heterocycles. The van der Waals surface area contributed by atoms with Crippen LogP contribution in [0.5, 0.6) is 0 Å². The lowest BCUT2D eigenvalue weighted by molar-refractivity contribution is 0.0858. The molecule has 2 rings (SSSR count). The summed E-state index contributed by atoms with van der Waals surface area (Å²) in [5.74, 6) is 0.971. The third-order valence-electron chi connectivity index (χ3n) is 3.22. The average molecular weight is 192 g/mol. The molecule has 0 aliphatic heterocycles. The van der Waals surface area contributed by atoms with Gasteiger partial charge in [0.25, 0.3) is 0 Å². The predicted molar refractivity (Wildman–Crippen MR) is 53.5 cm³/mol. The quantitative estimate of drug-likeness (QED) is 0.779. The molecule has 3 nitrogen and oxygen atoms in total. The van der Waals surface area contributed by atoms with E-state index in [1.165, 1.54) is 12.8 Å². The van der Waals surface area contributed by atoms with Crippen LogP contribution in [-0.4, -0.2) is 15.1 Å². The molecule has 14 heavy (non-hydrogen) atoms. The molecule has 76 valence electrons. The van der Waals surface area contributed by atoms with E-state index in [-0.39, 0.29) is 0 Å². The minimum absolute atomic E-state index is 0.367. The van der Waals surface area contributed by atoms with Crippen molar-refractivity contribution in [2.45, 2.75) is 32.3 Å². The molecule has 1 fully saturated rings. The van der Waals surface area contributed by atoms with Crippen molar-refractivity contribution in [2.24, 2.45) is 11.8 Å². The Morgan fingerprint density at radius 2 is 2.29 bits per heavy atom. The van der Waals surface area contributed by atoms with Crippen molar-refractivity contribution >= 4 is 0 Å². The summed E-state index contributed by atoms with van der Waals surface area (Å²) in [4.78, 5) is 8.12. The first-order chi connectivity index (χ1) is 6.79. The van der Waals surface area contributed by atoms with Gasteiger partial charge in [0.15, 0.2) is 0 Å². The van der Waals surface area contributed by atoms with E-state index < -0.39 is 6.10 Å². The molecule has 0 aromatic carbocycles. The molecular weight excluding hydrogens is 176 g/mol. The first-order valence-corrected chi connectivity index (χ1v) is 5.23. The van der Waals surface area contributed by atoms with Gasteiger partial charge in [-0.3, -0.25) is 9.97 Å². The molecule has 1 aliphatic carbocycles. The maximum Gasteiger partial charge on any atom is 0.101 e. The van der Waals surface area contributed by atoms with Crippen molar-refractivity contribution in [1.29, 1.82) is 0 Å². The van der Waals surface area contributed by atoms with Crippen LogP contribution in [0, 0.1) is 11.8 Å². The zero-order valence-corrected chi connectivity index (χ0v) is 8.43. The number of aromatic nitrogens is 2. The minimum Gasteiger partial charge on any atom is -0.386 e. The van der Waals surface area contributed by atoms with Crippen LogP contribution in [0.3, 0.4) is 0 Å². The second kappa shape index (κ2) is 4.05. The third-order valence-corrected chi connectivity index (χ3v) is 3.22.